The zero-order valence-corrected chi connectivity index (χ0v) is 12.3. The van der Waals surface area contributed by atoms with Crippen molar-refractivity contribution in [2.75, 3.05) is 5.32 Å². The summed E-state index contributed by atoms with van der Waals surface area (Å²) >= 11 is 0. The van der Waals surface area contributed by atoms with Gasteiger partial charge in [0, 0.05) is 12.1 Å². The molecule has 3 rings (SSSR count). The highest BCUT2D eigenvalue weighted by atomic mass is 19.1. The van der Waals surface area contributed by atoms with Gasteiger partial charge in [-0.1, -0.05) is 36.4 Å². The lowest BCUT2D eigenvalue weighted by molar-refractivity contribution is 0.101. The fourth-order valence-electron chi connectivity index (χ4n) is 2.17. The molecule has 2 N–H and O–H groups in total. The van der Waals surface area contributed by atoms with Crippen LogP contribution in [0.1, 0.15) is 22.0 Å². The first-order valence-electron chi connectivity index (χ1n) is 7.23. The summed E-state index contributed by atoms with van der Waals surface area (Å²) in [5, 5.41) is 9.23. The number of benzene rings is 2. The Hall–Kier alpha value is -3.02. The van der Waals surface area contributed by atoms with Crippen LogP contribution in [-0.2, 0) is 12.8 Å². The monoisotopic (exact) mass is 310 g/mol. The zero-order chi connectivity index (χ0) is 16.1. The number of anilines is 1. The second kappa shape index (κ2) is 6.83. The third kappa shape index (κ3) is 4.00. The fourth-order valence-corrected chi connectivity index (χ4v) is 2.17. The number of hydrogen-bond acceptors (Lipinski definition) is 3. The van der Waals surface area contributed by atoms with E-state index in [0.29, 0.717) is 17.9 Å². The molecule has 0 spiro atoms. The summed E-state index contributed by atoms with van der Waals surface area (Å²) in [4.78, 5) is 16.2. The van der Waals surface area contributed by atoms with E-state index in [1.807, 2.05) is 30.3 Å². The van der Waals surface area contributed by atoms with Gasteiger partial charge in [-0.25, -0.2) is 9.37 Å². The SMILES string of the molecule is O=C(Nc1cccc(F)c1)c1n[nH]c(CCc2ccccc2)n1. The average Bonchev–Trinajstić information content (AvgIpc) is 3.03. The van der Waals surface area contributed by atoms with Crippen molar-refractivity contribution in [1.82, 2.24) is 15.2 Å². The second-order valence-electron chi connectivity index (χ2n) is 5.06. The summed E-state index contributed by atoms with van der Waals surface area (Å²) in [6.45, 7) is 0. The normalized spacial score (nSPS) is 10.5. The van der Waals surface area contributed by atoms with Crippen molar-refractivity contribution in [1.29, 1.82) is 0 Å². The van der Waals surface area contributed by atoms with Crippen LogP contribution in [0.2, 0.25) is 0 Å². The quantitative estimate of drug-likeness (QED) is 0.761. The topological polar surface area (TPSA) is 70.7 Å². The molecule has 5 nitrogen and oxygen atoms in total. The molecule has 1 heterocycles. The van der Waals surface area contributed by atoms with Crippen LogP contribution in [0.4, 0.5) is 10.1 Å². The fraction of sp³-hybridized carbons (Fsp3) is 0.118. The standard InChI is InChI=1S/C17H15FN4O/c18-13-7-4-8-14(11-13)19-17(23)16-20-15(21-22-16)10-9-12-5-2-1-3-6-12/h1-8,11H,9-10H2,(H,19,23)(H,20,21,22). The Morgan fingerprint density at radius 3 is 2.70 bits per heavy atom. The van der Waals surface area contributed by atoms with Gasteiger partial charge in [0.05, 0.1) is 0 Å². The number of rotatable bonds is 5. The highest BCUT2D eigenvalue weighted by Gasteiger charge is 2.13. The highest BCUT2D eigenvalue weighted by molar-refractivity contribution is 6.01. The molecule has 6 heteroatoms. The van der Waals surface area contributed by atoms with E-state index in [1.54, 1.807) is 6.07 Å². The van der Waals surface area contributed by atoms with E-state index in [2.05, 4.69) is 20.5 Å². The number of aromatic amines is 1. The van der Waals surface area contributed by atoms with Crippen molar-refractivity contribution in [2.45, 2.75) is 12.8 Å². The summed E-state index contributed by atoms with van der Waals surface area (Å²) < 4.78 is 13.1. The minimum atomic E-state index is -0.474. The molecule has 2 aromatic carbocycles. The lowest BCUT2D eigenvalue weighted by atomic mass is 10.1. The van der Waals surface area contributed by atoms with Gasteiger partial charge in [-0.3, -0.25) is 9.89 Å². The summed E-state index contributed by atoms with van der Waals surface area (Å²) in [6, 6.07) is 15.7. The van der Waals surface area contributed by atoms with Gasteiger partial charge in [-0.15, -0.1) is 5.10 Å². The van der Waals surface area contributed by atoms with E-state index in [4.69, 9.17) is 0 Å². The van der Waals surface area contributed by atoms with Gasteiger partial charge in [-0.05, 0) is 30.2 Å². The maximum absolute atomic E-state index is 13.1. The van der Waals surface area contributed by atoms with E-state index in [0.717, 1.165) is 6.42 Å². The lowest BCUT2D eigenvalue weighted by Gasteiger charge is -2.01. The van der Waals surface area contributed by atoms with Crippen molar-refractivity contribution < 1.29 is 9.18 Å². The van der Waals surface area contributed by atoms with E-state index in [9.17, 15) is 9.18 Å². The molecule has 1 amide bonds. The van der Waals surface area contributed by atoms with Crippen LogP contribution < -0.4 is 5.32 Å². The van der Waals surface area contributed by atoms with Gasteiger partial charge in [0.1, 0.15) is 11.6 Å². The van der Waals surface area contributed by atoms with Gasteiger partial charge in [-0.2, -0.15) is 0 Å². The molecule has 0 bridgehead atoms. The second-order valence-corrected chi connectivity index (χ2v) is 5.06. The van der Waals surface area contributed by atoms with Crippen molar-refractivity contribution in [3.05, 3.63) is 77.6 Å². The number of carbonyl (C=O) groups is 1. The molecule has 0 saturated carbocycles. The smallest absolute Gasteiger partial charge is 0.295 e. The summed E-state index contributed by atoms with van der Waals surface area (Å²) in [5.41, 5.74) is 1.56. The molecular weight excluding hydrogens is 295 g/mol. The van der Waals surface area contributed by atoms with Crippen molar-refractivity contribution in [3.8, 4) is 0 Å². The van der Waals surface area contributed by atoms with Crippen LogP contribution in [0.5, 0.6) is 0 Å². The van der Waals surface area contributed by atoms with E-state index >= 15 is 0 Å². The Labute approximate surface area is 132 Å². The predicted octanol–water partition coefficient (Wildman–Crippen LogP) is 2.98. The van der Waals surface area contributed by atoms with Crippen LogP contribution in [0.3, 0.4) is 0 Å². The number of aromatic nitrogens is 3. The summed E-state index contributed by atoms with van der Waals surface area (Å²) in [5.74, 6) is -0.213. The number of aryl methyl sites for hydroxylation is 2. The maximum atomic E-state index is 13.1. The molecule has 0 atom stereocenters. The Morgan fingerprint density at radius 1 is 1.09 bits per heavy atom. The molecule has 0 fully saturated rings. The number of halogens is 1. The van der Waals surface area contributed by atoms with Crippen LogP contribution in [0, 0.1) is 5.82 Å². The van der Waals surface area contributed by atoms with Gasteiger partial charge in [0.15, 0.2) is 0 Å². The van der Waals surface area contributed by atoms with Crippen molar-refractivity contribution in [2.24, 2.45) is 0 Å². The van der Waals surface area contributed by atoms with Gasteiger partial charge in [0.2, 0.25) is 5.82 Å². The Morgan fingerprint density at radius 2 is 1.91 bits per heavy atom. The molecule has 0 aliphatic rings. The van der Waals surface area contributed by atoms with Crippen LogP contribution in [-0.4, -0.2) is 21.1 Å². The van der Waals surface area contributed by atoms with Crippen LogP contribution >= 0.6 is 0 Å². The first kappa shape index (κ1) is 14.9. The third-order valence-electron chi connectivity index (χ3n) is 3.31. The largest absolute Gasteiger partial charge is 0.319 e. The third-order valence-corrected chi connectivity index (χ3v) is 3.31. The van der Waals surface area contributed by atoms with Crippen LogP contribution in [0.15, 0.2) is 54.6 Å². The predicted molar refractivity (Wildman–Crippen MR) is 84.6 cm³/mol. The number of H-pyrrole nitrogens is 1. The number of amides is 1. The van der Waals surface area contributed by atoms with Crippen LogP contribution in [0.25, 0.3) is 0 Å². The summed E-state index contributed by atoms with van der Waals surface area (Å²) in [7, 11) is 0. The maximum Gasteiger partial charge on any atom is 0.295 e. The molecule has 1 aromatic heterocycles. The van der Waals surface area contributed by atoms with Gasteiger partial charge >= 0.3 is 0 Å². The molecule has 0 saturated heterocycles. The molecule has 0 aliphatic carbocycles. The number of carbonyl (C=O) groups excluding carboxylic acids is 1. The Kier molecular flexibility index (Phi) is 4.42. The Balaban J connectivity index is 1.61. The highest BCUT2D eigenvalue weighted by Crippen LogP contribution is 2.10. The molecule has 3 aromatic rings. The minimum absolute atomic E-state index is 0.0392. The molecule has 0 unspecified atom stereocenters. The molecule has 116 valence electrons. The van der Waals surface area contributed by atoms with Gasteiger partial charge in [0.25, 0.3) is 5.91 Å². The lowest BCUT2D eigenvalue weighted by Crippen LogP contribution is -2.14. The molecule has 0 aliphatic heterocycles. The first-order valence-corrected chi connectivity index (χ1v) is 7.23. The van der Waals surface area contributed by atoms with Crippen molar-refractivity contribution >= 4 is 11.6 Å². The number of hydrogen-bond donors (Lipinski definition) is 2. The minimum Gasteiger partial charge on any atom is -0.319 e. The summed E-state index contributed by atoms with van der Waals surface area (Å²) in [6.07, 6.45) is 1.46. The molecular formula is C17H15FN4O. The first-order chi connectivity index (χ1) is 11.2. The van der Waals surface area contributed by atoms with E-state index in [1.165, 1.54) is 23.8 Å². The molecule has 0 radical (unpaired) electrons. The van der Waals surface area contributed by atoms with Gasteiger partial charge < -0.3 is 5.32 Å². The number of nitrogens with one attached hydrogen (secondary N) is 2. The Bertz CT molecular complexity index is 801. The van der Waals surface area contributed by atoms with Crippen molar-refractivity contribution in [3.63, 3.8) is 0 Å². The average molecular weight is 310 g/mol. The van der Waals surface area contributed by atoms with E-state index < -0.39 is 11.7 Å². The number of nitrogens with zero attached hydrogens (tertiary/aromatic N) is 2. The van der Waals surface area contributed by atoms with E-state index in [-0.39, 0.29) is 5.82 Å². The molecule has 23 heavy (non-hydrogen) atoms. The zero-order valence-electron chi connectivity index (χ0n) is 12.3.